The second-order valence-electron chi connectivity index (χ2n) is 8.81. The molecule has 1 aromatic heterocycles. The largest absolute Gasteiger partial charge is 0.342 e. The quantitative estimate of drug-likeness (QED) is 0.658. The van der Waals surface area contributed by atoms with Crippen LogP contribution in [0.2, 0.25) is 5.02 Å². The predicted molar refractivity (Wildman–Crippen MR) is 125 cm³/mol. The Morgan fingerprint density at radius 1 is 1.19 bits per heavy atom. The summed E-state index contributed by atoms with van der Waals surface area (Å²) in [6.07, 6.45) is 0.213. The first-order valence-electron chi connectivity index (χ1n) is 10.8. The van der Waals surface area contributed by atoms with E-state index in [1.807, 2.05) is 33.8 Å². The molecule has 3 amide bonds. The van der Waals surface area contributed by atoms with Crippen LogP contribution in [-0.2, 0) is 14.4 Å². The van der Waals surface area contributed by atoms with Gasteiger partial charge in [-0.25, -0.2) is 0 Å². The van der Waals surface area contributed by atoms with E-state index < -0.39 is 6.04 Å². The van der Waals surface area contributed by atoms with Crippen molar-refractivity contribution in [1.82, 2.24) is 14.7 Å². The van der Waals surface area contributed by atoms with Crippen molar-refractivity contribution in [3.05, 3.63) is 40.7 Å². The third kappa shape index (κ3) is 5.48. The summed E-state index contributed by atoms with van der Waals surface area (Å²) in [4.78, 5) is 39.2. The van der Waals surface area contributed by atoms with Gasteiger partial charge >= 0.3 is 0 Å². The number of aryl methyl sites for hydroxylation is 2. The monoisotopic (exact) mass is 459 g/mol. The highest BCUT2D eigenvalue weighted by Gasteiger charge is 2.34. The zero-order valence-corrected chi connectivity index (χ0v) is 19.9. The van der Waals surface area contributed by atoms with Crippen LogP contribution in [0.1, 0.15) is 44.6 Å². The van der Waals surface area contributed by atoms with Crippen LogP contribution in [0.15, 0.2) is 24.3 Å². The van der Waals surface area contributed by atoms with Gasteiger partial charge < -0.3 is 15.5 Å². The van der Waals surface area contributed by atoms with E-state index in [1.54, 1.807) is 34.7 Å². The Morgan fingerprint density at radius 2 is 1.91 bits per heavy atom. The van der Waals surface area contributed by atoms with Gasteiger partial charge in [0.15, 0.2) is 0 Å². The highest BCUT2D eigenvalue weighted by Crippen LogP contribution is 2.28. The first kappa shape index (κ1) is 23.8. The number of halogens is 1. The number of nitrogens with one attached hydrogen (secondary N) is 2. The predicted octanol–water partition coefficient (Wildman–Crippen LogP) is 3.80. The van der Waals surface area contributed by atoms with Crippen LogP contribution in [0.5, 0.6) is 0 Å². The molecular formula is C23H30ClN5O3. The van der Waals surface area contributed by atoms with Crippen molar-refractivity contribution in [2.75, 3.05) is 23.7 Å². The molecule has 1 aliphatic heterocycles. The lowest BCUT2D eigenvalue weighted by atomic mass is 10.1. The van der Waals surface area contributed by atoms with Crippen molar-refractivity contribution in [3.8, 4) is 0 Å². The van der Waals surface area contributed by atoms with E-state index in [2.05, 4.69) is 15.7 Å². The molecule has 8 nitrogen and oxygen atoms in total. The molecule has 3 rings (SSSR count). The molecule has 1 fully saturated rings. The lowest BCUT2D eigenvalue weighted by Crippen LogP contribution is -2.31. The van der Waals surface area contributed by atoms with Crippen LogP contribution in [0.3, 0.4) is 0 Å². The highest BCUT2D eigenvalue weighted by atomic mass is 35.5. The molecule has 0 radical (unpaired) electrons. The number of nitrogens with zero attached hydrogens (tertiary/aromatic N) is 3. The van der Waals surface area contributed by atoms with Crippen LogP contribution in [-0.4, -0.2) is 45.5 Å². The third-order valence-corrected chi connectivity index (χ3v) is 5.77. The van der Waals surface area contributed by atoms with Gasteiger partial charge in [0.05, 0.1) is 22.3 Å². The molecule has 9 heteroatoms. The van der Waals surface area contributed by atoms with E-state index in [-0.39, 0.29) is 30.1 Å². The molecule has 0 unspecified atom stereocenters. The Morgan fingerprint density at radius 3 is 2.50 bits per heavy atom. The average molecular weight is 460 g/mol. The van der Waals surface area contributed by atoms with Crippen LogP contribution in [0, 0.1) is 25.7 Å². The molecule has 2 atom stereocenters. The number of likely N-dealkylation sites (tertiary alicyclic amines) is 1. The second-order valence-corrected chi connectivity index (χ2v) is 9.22. The molecule has 2 aromatic rings. The van der Waals surface area contributed by atoms with Gasteiger partial charge in [0.2, 0.25) is 17.7 Å². The second kappa shape index (κ2) is 9.73. The number of hydrogen-bond acceptors (Lipinski definition) is 4. The molecule has 1 aliphatic rings. The minimum absolute atomic E-state index is 0.00618. The van der Waals surface area contributed by atoms with Crippen molar-refractivity contribution in [1.29, 1.82) is 0 Å². The first-order valence-corrected chi connectivity index (χ1v) is 11.1. The van der Waals surface area contributed by atoms with Crippen molar-refractivity contribution in [3.63, 3.8) is 0 Å². The Labute approximate surface area is 193 Å². The molecule has 1 saturated heterocycles. The Kier molecular flexibility index (Phi) is 7.23. The first-order chi connectivity index (χ1) is 15.0. The van der Waals surface area contributed by atoms with E-state index in [4.69, 9.17) is 11.6 Å². The maximum absolute atomic E-state index is 12.7. The number of carbonyl (C=O) groups is 3. The summed E-state index contributed by atoms with van der Waals surface area (Å²) < 4.78 is 1.67. The van der Waals surface area contributed by atoms with Gasteiger partial charge in [-0.1, -0.05) is 25.4 Å². The summed E-state index contributed by atoms with van der Waals surface area (Å²) in [5.74, 6) is -0.487. The van der Waals surface area contributed by atoms with E-state index in [0.717, 1.165) is 11.4 Å². The topological polar surface area (TPSA) is 96.3 Å². The number of aromatic nitrogens is 2. The number of anilines is 2. The van der Waals surface area contributed by atoms with Crippen LogP contribution in [0.4, 0.5) is 11.4 Å². The van der Waals surface area contributed by atoms with E-state index in [1.165, 1.54) is 0 Å². The normalized spacial score (nSPS) is 17.0. The standard InChI is InChI=1S/C23H30ClN5O3/c1-13(2)11-28-12-17(9-21(28)30)23(32)25-18-6-7-20(19(24)10-18)26-22(31)16(5)29-15(4)8-14(3)27-29/h6-8,10,13,16-17H,9,11-12H2,1-5H3,(H,25,32)(H,26,31)/t16-,17-/m1/s1. The summed E-state index contributed by atoms with van der Waals surface area (Å²) in [5, 5.41) is 10.3. The molecule has 0 bridgehead atoms. The Balaban J connectivity index is 1.61. The fourth-order valence-electron chi connectivity index (χ4n) is 3.89. The van der Waals surface area contributed by atoms with E-state index >= 15 is 0 Å². The molecular weight excluding hydrogens is 430 g/mol. The van der Waals surface area contributed by atoms with Crippen LogP contribution >= 0.6 is 11.6 Å². The highest BCUT2D eigenvalue weighted by molar-refractivity contribution is 6.34. The average Bonchev–Trinajstić information content (AvgIpc) is 3.24. The van der Waals surface area contributed by atoms with E-state index in [0.29, 0.717) is 35.4 Å². The van der Waals surface area contributed by atoms with Crippen LogP contribution < -0.4 is 10.6 Å². The van der Waals surface area contributed by atoms with Gasteiger partial charge in [-0.2, -0.15) is 5.10 Å². The molecule has 2 N–H and O–H groups in total. The Hall–Kier alpha value is -2.87. The van der Waals surface area contributed by atoms with Gasteiger partial charge in [-0.15, -0.1) is 0 Å². The molecule has 0 spiro atoms. The molecule has 0 saturated carbocycles. The zero-order valence-electron chi connectivity index (χ0n) is 19.1. The summed E-state index contributed by atoms with van der Waals surface area (Å²) >= 11 is 6.36. The zero-order chi connectivity index (χ0) is 23.6. The van der Waals surface area contributed by atoms with Crippen molar-refractivity contribution in [2.24, 2.45) is 11.8 Å². The number of benzene rings is 1. The lowest BCUT2D eigenvalue weighted by molar-refractivity contribution is -0.128. The summed E-state index contributed by atoms with van der Waals surface area (Å²) in [6, 6.07) is 6.32. The third-order valence-electron chi connectivity index (χ3n) is 5.46. The minimum Gasteiger partial charge on any atom is -0.342 e. The molecule has 172 valence electrons. The summed E-state index contributed by atoms with van der Waals surface area (Å²) in [7, 11) is 0. The molecule has 1 aromatic carbocycles. The number of amides is 3. The van der Waals surface area contributed by atoms with E-state index in [9.17, 15) is 14.4 Å². The lowest BCUT2D eigenvalue weighted by Gasteiger charge is -2.19. The van der Waals surface area contributed by atoms with Gasteiger partial charge in [0.25, 0.3) is 0 Å². The molecule has 2 heterocycles. The SMILES string of the molecule is Cc1cc(C)n([C@H](C)C(=O)Nc2ccc(NC(=O)[C@@H]3CC(=O)N(CC(C)C)C3)cc2Cl)n1. The van der Waals surface area contributed by atoms with Crippen LogP contribution in [0.25, 0.3) is 0 Å². The number of carbonyl (C=O) groups excluding carboxylic acids is 3. The molecule has 0 aliphatic carbocycles. The van der Waals surface area contributed by atoms with Crippen molar-refractivity contribution < 1.29 is 14.4 Å². The number of hydrogen-bond donors (Lipinski definition) is 2. The van der Waals surface area contributed by atoms with Gasteiger partial charge in [-0.05, 0) is 51.0 Å². The smallest absolute Gasteiger partial charge is 0.248 e. The van der Waals surface area contributed by atoms with Gasteiger partial charge in [0, 0.05) is 30.9 Å². The maximum Gasteiger partial charge on any atom is 0.248 e. The van der Waals surface area contributed by atoms with Gasteiger partial charge in [0.1, 0.15) is 6.04 Å². The minimum atomic E-state index is -0.507. The number of rotatable bonds is 7. The van der Waals surface area contributed by atoms with Crippen molar-refractivity contribution >= 4 is 40.7 Å². The maximum atomic E-state index is 12.7. The summed E-state index contributed by atoms with van der Waals surface area (Å²) in [5.41, 5.74) is 2.70. The fraction of sp³-hybridized carbons (Fsp3) is 0.478. The van der Waals surface area contributed by atoms with Gasteiger partial charge in [-0.3, -0.25) is 19.1 Å². The summed E-state index contributed by atoms with van der Waals surface area (Å²) in [6.45, 7) is 10.7. The molecule has 32 heavy (non-hydrogen) atoms. The Bertz CT molecular complexity index is 1030. The van der Waals surface area contributed by atoms with Crippen molar-refractivity contribution in [2.45, 2.75) is 47.1 Å². The fourth-order valence-corrected chi connectivity index (χ4v) is 4.12.